The van der Waals surface area contributed by atoms with E-state index in [4.69, 9.17) is 26.8 Å². The van der Waals surface area contributed by atoms with E-state index in [0.717, 1.165) is 17.5 Å². The zero-order chi connectivity index (χ0) is 41.7. The lowest BCUT2D eigenvalue weighted by atomic mass is 9.49. The van der Waals surface area contributed by atoms with Crippen LogP contribution in [0.3, 0.4) is 0 Å². The van der Waals surface area contributed by atoms with E-state index in [2.05, 4.69) is 50.9 Å². The third-order valence-electron chi connectivity index (χ3n) is 12.0. The normalized spacial score (nSPS) is 24.3. The number of benzene rings is 2. The van der Waals surface area contributed by atoms with Gasteiger partial charge in [0.1, 0.15) is 35.6 Å². The highest BCUT2D eigenvalue weighted by Crippen LogP contribution is 2.59. The third-order valence-corrected chi connectivity index (χ3v) is 12.3. The van der Waals surface area contributed by atoms with Gasteiger partial charge in [0.05, 0.1) is 16.7 Å². The number of nitrogens with zero attached hydrogens (tertiary/aromatic N) is 3. The minimum Gasteiger partial charge on any atom is -0.489 e. The molecule has 3 fully saturated rings. The van der Waals surface area contributed by atoms with Crippen molar-refractivity contribution in [2.75, 3.05) is 13.2 Å². The number of hydrogen-bond donors (Lipinski definition) is 3. The van der Waals surface area contributed by atoms with Crippen LogP contribution in [0.1, 0.15) is 114 Å². The molecule has 0 spiro atoms. The lowest BCUT2D eigenvalue weighted by molar-refractivity contribution is -0.199. The van der Waals surface area contributed by atoms with Crippen molar-refractivity contribution in [1.29, 1.82) is 5.26 Å². The van der Waals surface area contributed by atoms with Crippen LogP contribution in [0.5, 0.6) is 5.75 Å². The van der Waals surface area contributed by atoms with Gasteiger partial charge in [0.2, 0.25) is 11.8 Å². The number of primary amides is 1. The first-order valence-corrected chi connectivity index (χ1v) is 20.1. The summed E-state index contributed by atoms with van der Waals surface area (Å²) in [6.07, 6.45) is 2.21. The molecule has 2 aliphatic carbocycles. The molecule has 2 aliphatic heterocycles. The zero-order valence-corrected chi connectivity index (χ0v) is 34.7. The van der Waals surface area contributed by atoms with Crippen LogP contribution >= 0.6 is 11.6 Å². The van der Waals surface area contributed by atoms with Gasteiger partial charge in [-0.05, 0) is 67.0 Å². The van der Waals surface area contributed by atoms with Gasteiger partial charge in [0, 0.05) is 66.6 Å². The summed E-state index contributed by atoms with van der Waals surface area (Å²) in [4.78, 5) is 56.0. The lowest BCUT2D eigenvalue weighted by Gasteiger charge is -2.65. The minimum absolute atomic E-state index is 0.00122. The zero-order valence-electron chi connectivity index (χ0n) is 33.9. The molecule has 2 saturated carbocycles. The summed E-state index contributed by atoms with van der Waals surface area (Å²) in [5.41, 5.74) is 6.00. The summed E-state index contributed by atoms with van der Waals surface area (Å²) in [6.45, 7) is 14.8. The number of halogens is 1. The Morgan fingerprint density at radius 3 is 2.40 bits per heavy atom. The van der Waals surface area contributed by atoms with Crippen molar-refractivity contribution in [3.63, 3.8) is 0 Å². The Morgan fingerprint density at radius 1 is 1.09 bits per heavy atom. The number of aliphatic hydroxyl groups excluding tert-OH is 1. The molecule has 3 atom stereocenters. The predicted octanol–water partition coefficient (Wildman–Crippen LogP) is 5.10. The van der Waals surface area contributed by atoms with Crippen LogP contribution in [0.15, 0.2) is 36.4 Å². The summed E-state index contributed by atoms with van der Waals surface area (Å²) in [7, 11) is 0. The first kappa shape index (κ1) is 42.0. The van der Waals surface area contributed by atoms with Gasteiger partial charge in [-0.15, -0.1) is 0 Å². The molecule has 6 rings (SSSR count). The monoisotopic (exact) mass is 799 g/mol. The molecule has 0 bridgehead atoms. The summed E-state index contributed by atoms with van der Waals surface area (Å²) < 4.78 is 12.5. The molecule has 1 saturated heterocycles. The van der Waals surface area contributed by atoms with Crippen LogP contribution in [0, 0.1) is 39.4 Å². The SMILES string of the molecule is CC1(C)C(Oc2ccc(C#N)c(Cl)c2)C(C)(C)C1N1Cc2cc(C#CCCCCOC3(C(=O)N[C@H](C(=O)N4C[C@H](O)C[C@@H]4C(N)=O)C(C)(C)C)CC3)ccc2C1=O. The van der Waals surface area contributed by atoms with Gasteiger partial charge < -0.3 is 35.4 Å². The first-order chi connectivity index (χ1) is 26.7. The van der Waals surface area contributed by atoms with Gasteiger partial charge in [-0.25, -0.2) is 0 Å². The third kappa shape index (κ3) is 8.23. The molecular weight excluding hydrogens is 746 g/mol. The molecule has 57 heavy (non-hydrogen) atoms. The van der Waals surface area contributed by atoms with Crippen LogP contribution < -0.4 is 15.8 Å². The predicted molar refractivity (Wildman–Crippen MR) is 214 cm³/mol. The van der Waals surface area contributed by atoms with E-state index in [-0.39, 0.29) is 47.8 Å². The molecule has 13 heteroatoms. The second-order valence-corrected chi connectivity index (χ2v) is 18.7. The summed E-state index contributed by atoms with van der Waals surface area (Å²) in [5.74, 6) is 5.59. The fraction of sp³-hybridized carbons (Fsp3) is 0.568. The fourth-order valence-corrected chi connectivity index (χ4v) is 9.56. The minimum atomic E-state index is -0.990. The molecule has 4 N–H and O–H groups in total. The van der Waals surface area contributed by atoms with E-state index in [0.29, 0.717) is 60.7 Å². The number of hydrogen-bond acceptors (Lipinski definition) is 8. The van der Waals surface area contributed by atoms with E-state index in [1.54, 1.807) is 18.2 Å². The van der Waals surface area contributed by atoms with Crippen LogP contribution in [-0.2, 0) is 25.7 Å². The number of carbonyl (C=O) groups is 4. The molecule has 2 heterocycles. The van der Waals surface area contributed by atoms with Crippen molar-refractivity contribution in [1.82, 2.24) is 15.1 Å². The quantitative estimate of drug-likeness (QED) is 0.196. The van der Waals surface area contributed by atoms with Gasteiger partial charge in [-0.1, -0.05) is 71.9 Å². The number of fused-ring (bicyclic) bond motifs is 1. The van der Waals surface area contributed by atoms with E-state index in [1.165, 1.54) is 4.90 Å². The number of nitrogens with two attached hydrogens (primary N) is 1. The van der Waals surface area contributed by atoms with Crippen LogP contribution in [0.25, 0.3) is 0 Å². The highest BCUT2D eigenvalue weighted by atomic mass is 35.5. The highest BCUT2D eigenvalue weighted by molar-refractivity contribution is 6.31. The van der Waals surface area contributed by atoms with E-state index in [1.807, 2.05) is 43.9 Å². The molecule has 0 radical (unpaired) electrons. The number of amides is 4. The number of β-amino-alcohol motifs (C(OH)–C–C–N with tert-alkyl or cyclic N) is 1. The van der Waals surface area contributed by atoms with Gasteiger partial charge in [0.25, 0.3) is 11.8 Å². The summed E-state index contributed by atoms with van der Waals surface area (Å²) in [6, 6.07) is 11.0. The largest absolute Gasteiger partial charge is 0.489 e. The highest BCUT2D eigenvalue weighted by Gasteiger charge is 2.67. The molecule has 4 aliphatic rings. The molecular formula is C44H54ClN5O7. The van der Waals surface area contributed by atoms with Gasteiger partial charge in [0.15, 0.2) is 0 Å². The first-order valence-electron chi connectivity index (χ1n) is 19.7. The number of rotatable bonds is 12. The van der Waals surface area contributed by atoms with E-state index >= 15 is 0 Å². The maximum atomic E-state index is 13.7. The Bertz CT molecular complexity index is 2040. The molecule has 2 aromatic rings. The number of carbonyl (C=O) groups excluding carboxylic acids is 4. The standard InChI is InChI=1S/C44H54ClN5O7/c1-41(2,3)34(37(54)49-25-29(51)21-33(49)35(47)52)48-40(55)44(17-18-44)56-19-11-9-8-10-12-26-13-16-31-28(20-26)24-50(36(31)53)38-42(4,5)39(43(38,6)7)57-30-15-14-27(23-46)32(45)22-30/h13-16,20,22,29,33-34,38-39,51H,8-9,11,17-19,21,24-25H2,1-7H3,(H2,47,52)(H,48,55)/t29-,33-,34-,38?,39?/m1/s1. The van der Waals surface area contributed by atoms with Crippen molar-refractivity contribution >= 4 is 35.2 Å². The second kappa shape index (κ2) is 15.6. The second-order valence-electron chi connectivity index (χ2n) is 18.3. The number of likely N-dealkylation sites (tertiary alicyclic amines) is 1. The van der Waals surface area contributed by atoms with Gasteiger partial charge in [-0.3, -0.25) is 19.2 Å². The Kier molecular flexibility index (Phi) is 11.5. The van der Waals surface area contributed by atoms with Crippen molar-refractivity contribution < 1.29 is 33.8 Å². The number of aliphatic hydroxyl groups is 1. The molecule has 0 aromatic heterocycles. The van der Waals surface area contributed by atoms with Crippen molar-refractivity contribution in [3.05, 3.63) is 63.7 Å². The average Bonchev–Trinajstić information content (AvgIpc) is 3.73. The van der Waals surface area contributed by atoms with Gasteiger partial charge in [-0.2, -0.15) is 5.26 Å². The van der Waals surface area contributed by atoms with Crippen molar-refractivity contribution in [2.24, 2.45) is 22.0 Å². The molecule has 12 nitrogen and oxygen atoms in total. The lowest BCUT2D eigenvalue weighted by Crippen LogP contribution is -2.74. The molecule has 4 amide bonds. The Hall–Kier alpha value is -4.62. The topological polar surface area (TPSA) is 175 Å². The average molecular weight is 800 g/mol. The fourth-order valence-electron chi connectivity index (χ4n) is 9.34. The molecule has 0 unspecified atom stereocenters. The molecule has 2 aromatic carbocycles. The number of nitrogens with one attached hydrogen (secondary N) is 1. The maximum Gasteiger partial charge on any atom is 0.254 e. The van der Waals surface area contributed by atoms with Crippen LogP contribution in [0.4, 0.5) is 0 Å². The smallest absolute Gasteiger partial charge is 0.254 e. The van der Waals surface area contributed by atoms with Crippen LogP contribution in [0.2, 0.25) is 5.02 Å². The van der Waals surface area contributed by atoms with Crippen molar-refractivity contribution in [2.45, 2.75) is 129 Å². The summed E-state index contributed by atoms with van der Waals surface area (Å²) in [5, 5.41) is 22.6. The van der Waals surface area contributed by atoms with E-state index < -0.39 is 41.0 Å². The number of ether oxygens (including phenoxy) is 2. The number of unbranched alkanes of at least 4 members (excludes halogenated alkanes) is 2. The maximum absolute atomic E-state index is 13.7. The summed E-state index contributed by atoms with van der Waals surface area (Å²) >= 11 is 6.27. The Balaban J connectivity index is 0.984. The Morgan fingerprint density at radius 2 is 1.79 bits per heavy atom. The molecule has 304 valence electrons. The van der Waals surface area contributed by atoms with Crippen molar-refractivity contribution in [3.8, 4) is 23.7 Å². The van der Waals surface area contributed by atoms with Crippen LogP contribution in [-0.4, -0.2) is 87.6 Å². The Labute approximate surface area is 340 Å². The number of nitriles is 1. The van der Waals surface area contributed by atoms with E-state index in [9.17, 15) is 29.5 Å². The van der Waals surface area contributed by atoms with Gasteiger partial charge >= 0.3 is 0 Å².